The quantitative estimate of drug-likeness (QED) is 0.718. The van der Waals surface area contributed by atoms with Crippen molar-refractivity contribution >= 4 is 29.3 Å². The number of benzene rings is 2. The molecule has 1 atom stereocenters. The number of carbonyl (C=O) groups is 3. The second-order valence-corrected chi connectivity index (χ2v) is 7.40. The van der Waals surface area contributed by atoms with E-state index in [2.05, 4.69) is 10.6 Å². The van der Waals surface area contributed by atoms with Crippen LogP contribution in [-0.2, 0) is 14.3 Å². The third-order valence-electron chi connectivity index (χ3n) is 3.70. The minimum atomic E-state index is -1.10. The highest BCUT2D eigenvalue weighted by Gasteiger charge is 2.21. The Kier molecular flexibility index (Phi) is 7.15. The molecule has 0 aliphatic carbocycles. The zero-order chi connectivity index (χ0) is 22.3. The molecule has 156 valence electrons. The van der Waals surface area contributed by atoms with Gasteiger partial charge in [-0.15, -0.1) is 0 Å². The zero-order valence-corrected chi connectivity index (χ0v) is 17.2. The molecule has 0 radical (unpaired) electrons. The van der Waals surface area contributed by atoms with Crippen LogP contribution in [0.1, 0.15) is 43.6 Å². The van der Waals surface area contributed by atoms with Crippen LogP contribution in [0.4, 0.5) is 16.2 Å². The number of hydrogen-bond donors (Lipinski definition) is 2. The van der Waals surface area contributed by atoms with Crippen LogP contribution >= 0.6 is 0 Å². The number of rotatable bonds is 5. The summed E-state index contributed by atoms with van der Waals surface area (Å²) in [4.78, 5) is 36.6. The lowest BCUT2D eigenvalue weighted by molar-refractivity contribution is -0.123. The lowest BCUT2D eigenvalue weighted by Crippen LogP contribution is -2.30. The van der Waals surface area contributed by atoms with Crippen molar-refractivity contribution in [1.82, 2.24) is 0 Å². The van der Waals surface area contributed by atoms with E-state index < -0.39 is 29.7 Å². The van der Waals surface area contributed by atoms with E-state index in [4.69, 9.17) is 14.7 Å². The van der Waals surface area contributed by atoms with Gasteiger partial charge in [-0.2, -0.15) is 5.26 Å². The van der Waals surface area contributed by atoms with Crippen molar-refractivity contribution in [3.63, 3.8) is 0 Å². The van der Waals surface area contributed by atoms with Gasteiger partial charge in [0, 0.05) is 5.69 Å². The van der Waals surface area contributed by atoms with Crippen molar-refractivity contribution in [3.8, 4) is 6.07 Å². The Hall–Kier alpha value is -3.86. The summed E-state index contributed by atoms with van der Waals surface area (Å²) in [5.74, 6) is -1.31. The van der Waals surface area contributed by atoms with Crippen LogP contribution in [0.5, 0.6) is 0 Å². The van der Waals surface area contributed by atoms with Crippen LogP contribution in [0.15, 0.2) is 48.5 Å². The molecule has 2 aromatic carbocycles. The van der Waals surface area contributed by atoms with Crippen molar-refractivity contribution in [2.75, 3.05) is 10.6 Å². The number of para-hydroxylation sites is 1. The molecular formula is C22H23N3O5. The van der Waals surface area contributed by atoms with Gasteiger partial charge >= 0.3 is 12.1 Å². The summed E-state index contributed by atoms with van der Waals surface area (Å²) in [5.41, 5.74) is 0.467. The minimum Gasteiger partial charge on any atom is -0.449 e. The van der Waals surface area contributed by atoms with E-state index in [1.54, 1.807) is 57.2 Å². The molecule has 0 aromatic heterocycles. The summed E-state index contributed by atoms with van der Waals surface area (Å²) in [6.07, 6.45) is -1.76. The van der Waals surface area contributed by atoms with E-state index in [-0.39, 0.29) is 5.56 Å². The molecule has 0 unspecified atom stereocenters. The summed E-state index contributed by atoms with van der Waals surface area (Å²) in [6, 6.07) is 14.5. The van der Waals surface area contributed by atoms with Crippen LogP contribution in [0.3, 0.4) is 0 Å². The Morgan fingerprint density at radius 2 is 1.73 bits per heavy atom. The highest BCUT2D eigenvalue weighted by Crippen LogP contribution is 2.17. The van der Waals surface area contributed by atoms with E-state index in [1.165, 1.54) is 19.1 Å². The standard InChI is InChI=1S/C22H23N3O5/c1-14(19(26)25-18-11-6-5-8-16(18)13-23)29-20(27)15-9-7-10-17(12-15)24-21(28)30-22(2,3)4/h5-12,14H,1-4H3,(H,24,28)(H,25,26)/t14-/m0/s1. The monoisotopic (exact) mass is 409 g/mol. The molecular weight excluding hydrogens is 386 g/mol. The van der Waals surface area contributed by atoms with Crippen LogP contribution < -0.4 is 10.6 Å². The van der Waals surface area contributed by atoms with Gasteiger partial charge in [0.15, 0.2) is 6.10 Å². The first kappa shape index (κ1) is 22.4. The Labute approximate surface area is 174 Å². The predicted molar refractivity (Wildman–Crippen MR) is 111 cm³/mol. The van der Waals surface area contributed by atoms with Gasteiger partial charge in [-0.1, -0.05) is 18.2 Å². The summed E-state index contributed by atoms with van der Waals surface area (Å²) in [7, 11) is 0. The number of ether oxygens (including phenoxy) is 2. The smallest absolute Gasteiger partial charge is 0.412 e. The molecule has 30 heavy (non-hydrogen) atoms. The maximum Gasteiger partial charge on any atom is 0.412 e. The first-order valence-electron chi connectivity index (χ1n) is 9.20. The minimum absolute atomic E-state index is 0.153. The molecule has 0 heterocycles. The normalized spacial score (nSPS) is 11.6. The van der Waals surface area contributed by atoms with Gasteiger partial charge in [-0.3, -0.25) is 10.1 Å². The molecule has 8 nitrogen and oxygen atoms in total. The van der Waals surface area contributed by atoms with Crippen molar-refractivity contribution in [2.24, 2.45) is 0 Å². The van der Waals surface area contributed by atoms with Gasteiger partial charge in [-0.25, -0.2) is 9.59 Å². The molecule has 2 N–H and O–H groups in total. The highest BCUT2D eigenvalue weighted by molar-refractivity contribution is 5.98. The van der Waals surface area contributed by atoms with Crippen LogP contribution in [-0.4, -0.2) is 29.7 Å². The van der Waals surface area contributed by atoms with Crippen molar-refractivity contribution < 1.29 is 23.9 Å². The first-order valence-corrected chi connectivity index (χ1v) is 9.20. The fourth-order valence-corrected chi connectivity index (χ4v) is 2.35. The fraction of sp³-hybridized carbons (Fsp3) is 0.273. The number of hydrogen-bond acceptors (Lipinski definition) is 6. The molecule has 8 heteroatoms. The predicted octanol–water partition coefficient (Wildman–Crippen LogP) is 4.09. The SMILES string of the molecule is C[C@H](OC(=O)c1cccc(NC(=O)OC(C)(C)C)c1)C(=O)Nc1ccccc1C#N. The molecule has 0 fully saturated rings. The highest BCUT2D eigenvalue weighted by atomic mass is 16.6. The average molecular weight is 409 g/mol. The topological polar surface area (TPSA) is 118 Å². The van der Waals surface area contributed by atoms with E-state index in [9.17, 15) is 14.4 Å². The number of nitrogens with one attached hydrogen (secondary N) is 2. The summed E-state index contributed by atoms with van der Waals surface area (Å²) < 4.78 is 10.4. The van der Waals surface area contributed by atoms with Crippen LogP contribution in [0.2, 0.25) is 0 Å². The molecule has 2 rings (SSSR count). The number of carbonyl (C=O) groups excluding carboxylic acids is 3. The summed E-state index contributed by atoms with van der Waals surface area (Å²) in [5, 5.41) is 14.2. The van der Waals surface area contributed by atoms with Gasteiger partial charge < -0.3 is 14.8 Å². The van der Waals surface area contributed by atoms with E-state index in [0.717, 1.165) is 0 Å². The van der Waals surface area contributed by atoms with Gasteiger partial charge in [0.2, 0.25) is 0 Å². The largest absolute Gasteiger partial charge is 0.449 e. The zero-order valence-electron chi connectivity index (χ0n) is 17.2. The number of nitriles is 1. The molecule has 0 aliphatic rings. The Bertz CT molecular complexity index is 989. The number of nitrogens with zero attached hydrogens (tertiary/aromatic N) is 1. The molecule has 0 spiro atoms. The van der Waals surface area contributed by atoms with Crippen molar-refractivity contribution in [1.29, 1.82) is 5.26 Å². The molecule has 0 saturated heterocycles. The van der Waals surface area contributed by atoms with Gasteiger partial charge in [0.1, 0.15) is 11.7 Å². The fourth-order valence-electron chi connectivity index (χ4n) is 2.35. The van der Waals surface area contributed by atoms with Crippen molar-refractivity contribution in [2.45, 2.75) is 39.4 Å². The number of amides is 2. The third kappa shape index (κ3) is 6.63. The lowest BCUT2D eigenvalue weighted by atomic mass is 10.2. The van der Waals surface area contributed by atoms with Crippen LogP contribution in [0, 0.1) is 11.3 Å². The summed E-state index contributed by atoms with van der Waals surface area (Å²) in [6.45, 7) is 6.64. The third-order valence-corrected chi connectivity index (χ3v) is 3.70. The molecule has 0 aliphatic heterocycles. The molecule has 2 aromatic rings. The maximum atomic E-state index is 12.4. The second-order valence-electron chi connectivity index (χ2n) is 7.40. The molecule has 2 amide bonds. The Morgan fingerprint density at radius 3 is 2.40 bits per heavy atom. The number of anilines is 2. The van der Waals surface area contributed by atoms with Crippen LogP contribution in [0.25, 0.3) is 0 Å². The van der Waals surface area contributed by atoms with Gasteiger partial charge in [-0.05, 0) is 58.0 Å². The summed E-state index contributed by atoms with van der Waals surface area (Å²) >= 11 is 0. The first-order chi connectivity index (χ1) is 14.1. The van der Waals surface area contributed by atoms with Gasteiger partial charge in [0.05, 0.1) is 16.8 Å². The molecule has 0 saturated carbocycles. The Morgan fingerprint density at radius 1 is 1.03 bits per heavy atom. The maximum absolute atomic E-state index is 12.4. The number of esters is 1. The molecule has 0 bridgehead atoms. The average Bonchev–Trinajstić information content (AvgIpc) is 2.66. The second kappa shape index (κ2) is 9.56. The van der Waals surface area contributed by atoms with Gasteiger partial charge in [0.25, 0.3) is 5.91 Å². The Balaban J connectivity index is 2.00. The lowest BCUT2D eigenvalue weighted by Gasteiger charge is -2.19. The van der Waals surface area contributed by atoms with Crippen molar-refractivity contribution in [3.05, 3.63) is 59.7 Å². The van der Waals surface area contributed by atoms with E-state index >= 15 is 0 Å². The van der Waals surface area contributed by atoms with E-state index in [0.29, 0.717) is 16.9 Å². The van der Waals surface area contributed by atoms with E-state index in [1.807, 2.05) is 6.07 Å².